The lowest BCUT2D eigenvalue weighted by molar-refractivity contribution is -0.122. The quantitative estimate of drug-likeness (QED) is 0.853. The second-order valence-corrected chi connectivity index (χ2v) is 6.17. The minimum absolute atomic E-state index is 0.191. The highest BCUT2D eigenvalue weighted by molar-refractivity contribution is 5.76. The number of aromatic nitrogens is 2. The smallest absolute Gasteiger partial charge is 0.222 e. The monoisotopic (exact) mass is 261 g/mol. The van der Waals surface area contributed by atoms with Crippen LogP contribution in [-0.4, -0.2) is 21.7 Å². The van der Waals surface area contributed by atoms with E-state index in [4.69, 9.17) is 0 Å². The average molecular weight is 261 g/mol. The zero-order chi connectivity index (χ0) is 13.4. The first-order valence-electron chi connectivity index (χ1n) is 7.44. The van der Waals surface area contributed by atoms with Crippen molar-refractivity contribution in [3.8, 4) is 0 Å². The molecule has 1 amide bonds. The van der Waals surface area contributed by atoms with Gasteiger partial charge in [-0.2, -0.15) is 5.10 Å². The van der Waals surface area contributed by atoms with Crippen molar-refractivity contribution in [1.82, 2.24) is 15.1 Å². The molecule has 1 aromatic rings. The molecule has 4 nitrogen and oxygen atoms in total. The van der Waals surface area contributed by atoms with Crippen LogP contribution < -0.4 is 5.32 Å². The molecule has 2 saturated carbocycles. The van der Waals surface area contributed by atoms with Crippen LogP contribution in [0.2, 0.25) is 0 Å². The highest BCUT2D eigenvalue weighted by Crippen LogP contribution is 2.44. The van der Waals surface area contributed by atoms with E-state index in [2.05, 4.69) is 16.5 Å². The predicted molar refractivity (Wildman–Crippen MR) is 73.7 cm³/mol. The van der Waals surface area contributed by atoms with Crippen molar-refractivity contribution >= 4 is 5.91 Å². The molecule has 0 spiro atoms. The topological polar surface area (TPSA) is 46.9 Å². The minimum Gasteiger partial charge on any atom is -0.353 e. The standard InChI is InChI=1S/C15H23N3O/c1-10-9-11(2)18(17-10)8-7-14(19)16-15(12-3-4-12)13-5-6-13/h9,12-13,15H,3-8H2,1-2H3,(H,16,19). The Kier molecular flexibility index (Phi) is 3.33. The maximum atomic E-state index is 12.1. The number of carbonyl (C=O) groups excluding carboxylic acids is 1. The second kappa shape index (κ2) is 4.99. The van der Waals surface area contributed by atoms with E-state index >= 15 is 0 Å². The molecule has 2 aliphatic rings. The van der Waals surface area contributed by atoms with E-state index in [0.717, 1.165) is 23.2 Å². The molecule has 0 atom stereocenters. The van der Waals surface area contributed by atoms with E-state index < -0.39 is 0 Å². The van der Waals surface area contributed by atoms with Gasteiger partial charge in [-0.25, -0.2) is 0 Å². The summed E-state index contributed by atoms with van der Waals surface area (Å²) in [5.74, 6) is 1.73. The predicted octanol–water partition coefficient (Wildman–Crippen LogP) is 2.19. The highest BCUT2D eigenvalue weighted by atomic mass is 16.1. The molecular weight excluding hydrogens is 238 g/mol. The number of hydrogen-bond donors (Lipinski definition) is 1. The molecule has 1 N–H and O–H groups in total. The van der Waals surface area contributed by atoms with Crippen molar-refractivity contribution in [2.24, 2.45) is 11.8 Å². The Bertz CT molecular complexity index is 460. The fourth-order valence-electron chi connectivity index (χ4n) is 2.90. The zero-order valence-electron chi connectivity index (χ0n) is 11.9. The van der Waals surface area contributed by atoms with Crippen molar-refractivity contribution in [1.29, 1.82) is 0 Å². The first kappa shape index (κ1) is 12.7. The van der Waals surface area contributed by atoms with Gasteiger partial charge in [0.2, 0.25) is 5.91 Å². The van der Waals surface area contributed by atoms with E-state index in [9.17, 15) is 4.79 Å². The van der Waals surface area contributed by atoms with Crippen molar-refractivity contribution < 1.29 is 4.79 Å². The normalized spacial score (nSPS) is 18.9. The Morgan fingerprint density at radius 3 is 2.47 bits per heavy atom. The van der Waals surface area contributed by atoms with E-state index in [1.165, 1.54) is 25.7 Å². The number of nitrogens with one attached hydrogen (secondary N) is 1. The number of aryl methyl sites for hydroxylation is 3. The summed E-state index contributed by atoms with van der Waals surface area (Å²) in [5.41, 5.74) is 2.15. The molecule has 0 saturated heterocycles. The molecule has 0 aliphatic heterocycles. The van der Waals surface area contributed by atoms with Crippen molar-refractivity contribution in [2.45, 2.75) is 58.5 Å². The lowest BCUT2D eigenvalue weighted by atomic mass is 10.1. The number of hydrogen-bond acceptors (Lipinski definition) is 2. The number of amides is 1. The molecule has 19 heavy (non-hydrogen) atoms. The first-order valence-corrected chi connectivity index (χ1v) is 7.44. The third-order valence-corrected chi connectivity index (χ3v) is 4.24. The van der Waals surface area contributed by atoms with Crippen LogP contribution in [0, 0.1) is 25.7 Å². The minimum atomic E-state index is 0.191. The maximum Gasteiger partial charge on any atom is 0.222 e. The molecule has 2 fully saturated rings. The molecule has 1 aromatic heterocycles. The second-order valence-electron chi connectivity index (χ2n) is 6.17. The van der Waals surface area contributed by atoms with Gasteiger partial charge in [0.1, 0.15) is 0 Å². The maximum absolute atomic E-state index is 12.1. The number of nitrogens with zero attached hydrogens (tertiary/aromatic N) is 2. The fraction of sp³-hybridized carbons (Fsp3) is 0.733. The molecule has 1 heterocycles. The van der Waals surface area contributed by atoms with Crippen LogP contribution in [0.4, 0.5) is 0 Å². The summed E-state index contributed by atoms with van der Waals surface area (Å²) >= 11 is 0. The average Bonchev–Trinajstić information content (AvgIpc) is 3.25. The van der Waals surface area contributed by atoms with E-state index in [1.54, 1.807) is 0 Å². The summed E-state index contributed by atoms with van der Waals surface area (Å²) in [6.45, 7) is 4.71. The summed E-state index contributed by atoms with van der Waals surface area (Å²) in [6.07, 6.45) is 5.76. The van der Waals surface area contributed by atoms with Gasteiger partial charge in [-0.3, -0.25) is 9.48 Å². The van der Waals surface area contributed by atoms with Crippen LogP contribution in [-0.2, 0) is 11.3 Å². The Morgan fingerprint density at radius 1 is 1.37 bits per heavy atom. The largest absolute Gasteiger partial charge is 0.353 e. The van der Waals surface area contributed by atoms with Crippen LogP contribution in [0.25, 0.3) is 0 Å². The third-order valence-electron chi connectivity index (χ3n) is 4.24. The van der Waals surface area contributed by atoms with Crippen LogP contribution in [0.15, 0.2) is 6.07 Å². The summed E-state index contributed by atoms with van der Waals surface area (Å²) in [7, 11) is 0. The van der Waals surface area contributed by atoms with Gasteiger partial charge >= 0.3 is 0 Å². The fourth-order valence-corrected chi connectivity index (χ4v) is 2.90. The molecule has 104 valence electrons. The van der Waals surface area contributed by atoms with Gasteiger partial charge in [-0.15, -0.1) is 0 Å². The van der Waals surface area contributed by atoms with Crippen LogP contribution >= 0.6 is 0 Å². The van der Waals surface area contributed by atoms with E-state index in [-0.39, 0.29) is 5.91 Å². The van der Waals surface area contributed by atoms with E-state index in [1.807, 2.05) is 18.5 Å². The van der Waals surface area contributed by atoms with Crippen molar-refractivity contribution in [3.63, 3.8) is 0 Å². The van der Waals surface area contributed by atoms with Gasteiger partial charge in [0.15, 0.2) is 0 Å². The number of carbonyl (C=O) groups is 1. The zero-order valence-corrected chi connectivity index (χ0v) is 11.9. The molecule has 0 radical (unpaired) electrons. The van der Waals surface area contributed by atoms with Gasteiger partial charge in [0.05, 0.1) is 5.69 Å². The molecule has 0 aromatic carbocycles. The summed E-state index contributed by atoms with van der Waals surface area (Å²) in [6, 6.07) is 2.52. The Hall–Kier alpha value is -1.32. The van der Waals surface area contributed by atoms with Crippen molar-refractivity contribution in [2.75, 3.05) is 0 Å². The lowest BCUT2D eigenvalue weighted by Gasteiger charge is -2.17. The van der Waals surface area contributed by atoms with Crippen LogP contribution in [0.3, 0.4) is 0 Å². The Balaban J connectivity index is 1.49. The molecule has 4 heteroatoms. The molecule has 3 rings (SSSR count). The highest BCUT2D eigenvalue weighted by Gasteiger charge is 2.42. The number of rotatable bonds is 6. The van der Waals surface area contributed by atoms with E-state index in [0.29, 0.717) is 19.0 Å². The summed E-state index contributed by atoms with van der Waals surface area (Å²) in [4.78, 5) is 12.1. The molecule has 0 bridgehead atoms. The lowest BCUT2D eigenvalue weighted by Crippen LogP contribution is -2.38. The Labute approximate surface area is 114 Å². The summed E-state index contributed by atoms with van der Waals surface area (Å²) in [5, 5.41) is 7.65. The van der Waals surface area contributed by atoms with Gasteiger partial charge in [-0.05, 0) is 57.4 Å². The van der Waals surface area contributed by atoms with Crippen LogP contribution in [0.5, 0.6) is 0 Å². The molecular formula is C15H23N3O. The van der Waals surface area contributed by atoms with Gasteiger partial charge in [-0.1, -0.05) is 0 Å². The van der Waals surface area contributed by atoms with Crippen molar-refractivity contribution in [3.05, 3.63) is 17.5 Å². The van der Waals surface area contributed by atoms with Crippen LogP contribution in [0.1, 0.15) is 43.5 Å². The van der Waals surface area contributed by atoms with Gasteiger partial charge in [0, 0.05) is 24.7 Å². The third kappa shape index (κ3) is 3.17. The SMILES string of the molecule is Cc1cc(C)n(CCC(=O)NC(C2CC2)C2CC2)n1. The molecule has 2 aliphatic carbocycles. The summed E-state index contributed by atoms with van der Waals surface area (Å²) < 4.78 is 1.93. The van der Waals surface area contributed by atoms with Gasteiger partial charge in [0.25, 0.3) is 0 Å². The first-order chi connectivity index (χ1) is 9.13. The Morgan fingerprint density at radius 2 is 2.00 bits per heavy atom. The molecule has 0 unspecified atom stereocenters. The van der Waals surface area contributed by atoms with Gasteiger partial charge < -0.3 is 5.32 Å².